The van der Waals surface area contributed by atoms with Crippen LogP contribution in [0.15, 0.2) is 27.9 Å². The van der Waals surface area contributed by atoms with Crippen molar-refractivity contribution in [1.29, 1.82) is 5.26 Å². The Morgan fingerprint density at radius 1 is 1.57 bits per heavy atom. The minimum absolute atomic E-state index is 0.107. The molecular formula is C18H18ClFN4O2S2. The van der Waals surface area contributed by atoms with Gasteiger partial charge in [0.05, 0.1) is 23.5 Å². The van der Waals surface area contributed by atoms with Crippen molar-refractivity contribution in [2.45, 2.75) is 17.0 Å². The van der Waals surface area contributed by atoms with E-state index in [0.717, 1.165) is 12.1 Å². The van der Waals surface area contributed by atoms with E-state index in [9.17, 15) is 9.18 Å². The van der Waals surface area contributed by atoms with E-state index in [1.807, 2.05) is 6.07 Å². The van der Waals surface area contributed by atoms with Gasteiger partial charge in [0.15, 0.2) is 10.0 Å². The lowest BCUT2D eigenvalue weighted by Gasteiger charge is -2.33. The molecule has 1 aromatic heterocycles. The van der Waals surface area contributed by atoms with E-state index in [2.05, 4.69) is 15.2 Å². The van der Waals surface area contributed by atoms with Gasteiger partial charge in [0.1, 0.15) is 11.9 Å². The number of nitrogens with one attached hydrogen (secondary N) is 1. The van der Waals surface area contributed by atoms with Crippen LogP contribution in [0.4, 0.5) is 4.39 Å². The molecule has 1 aliphatic heterocycles. The van der Waals surface area contributed by atoms with Crippen molar-refractivity contribution in [3.63, 3.8) is 0 Å². The lowest BCUT2D eigenvalue weighted by atomic mass is 10.2. The lowest BCUT2D eigenvalue weighted by Crippen LogP contribution is -2.47. The summed E-state index contributed by atoms with van der Waals surface area (Å²) >= 11 is 8.50. The van der Waals surface area contributed by atoms with Crippen molar-refractivity contribution in [2.75, 3.05) is 32.0 Å². The molecule has 1 aliphatic rings. The van der Waals surface area contributed by atoms with Gasteiger partial charge < -0.3 is 10.1 Å². The summed E-state index contributed by atoms with van der Waals surface area (Å²) < 4.78 is 19.7. The summed E-state index contributed by atoms with van der Waals surface area (Å²) in [5.41, 5.74) is 1.30. The highest BCUT2D eigenvalue weighted by atomic mass is 35.5. The summed E-state index contributed by atoms with van der Waals surface area (Å²) in [5.74, 6) is -0.291. The van der Waals surface area contributed by atoms with Crippen LogP contribution < -0.4 is 5.32 Å². The van der Waals surface area contributed by atoms with E-state index in [1.165, 1.54) is 29.2 Å². The predicted molar refractivity (Wildman–Crippen MR) is 107 cm³/mol. The maximum atomic E-state index is 13.3. The first-order valence-corrected chi connectivity index (χ1v) is 10.8. The average molecular weight is 441 g/mol. The van der Waals surface area contributed by atoms with Gasteiger partial charge in [-0.15, -0.1) is 11.3 Å². The molecule has 0 aliphatic carbocycles. The Kier molecular flexibility index (Phi) is 7.65. The molecule has 6 nitrogen and oxygen atoms in total. The molecule has 10 heteroatoms. The minimum Gasteiger partial charge on any atom is -0.374 e. The molecule has 1 saturated heterocycles. The third kappa shape index (κ3) is 6.15. The predicted octanol–water partition coefficient (Wildman–Crippen LogP) is 2.92. The summed E-state index contributed by atoms with van der Waals surface area (Å²) in [6.45, 7) is 3.07. The number of benzene rings is 1. The highest BCUT2D eigenvalue weighted by molar-refractivity contribution is 8.01. The second-order valence-corrected chi connectivity index (χ2v) is 8.67. The van der Waals surface area contributed by atoms with Crippen molar-refractivity contribution in [2.24, 2.45) is 0 Å². The van der Waals surface area contributed by atoms with Crippen molar-refractivity contribution in [3.05, 3.63) is 45.7 Å². The van der Waals surface area contributed by atoms with Gasteiger partial charge in [-0.25, -0.2) is 9.37 Å². The molecule has 1 unspecified atom stereocenters. The third-order valence-corrected chi connectivity index (χ3v) is 6.38. The lowest BCUT2D eigenvalue weighted by molar-refractivity contribution is -0.119. The number of nitriles is 1. The van der Waals surface area contributed by atoms with Crippen molar-refractivity contribution < 1.29 is 13.9 Å². The van der Waals surface area contributed by atoms with Crippen LogP contribution in [0.5, 0.6) is 0 Å². The molecule has 1 atom stereocenters. The molecule has 1 fully saturated rings. The second kappa shape index (κ2) is 10.2. The Hall–Kier alpha value is -1.70. The van der Waals surface area contributed by atoms with Crippen LogP contribution >= 0.6 is 34.7 Å². The van der Waals surface area contributed by atoms with Crippen LogP contribution in [-0.2, 0) is 16.1 Å². The fourth-order valence-corrected chi connectivity index (χ4v) is 4.51. The van der Waals surface area contributed by atoms with Crippen molar-refractivity contribution >= 4 is 40.6 Å². The summed E-state index contributed by atoms with van der Waals surface area (Å²) in [6.07, 6.45) is -0.108. The van der Waals surface area contributed by atoms with E-state index < -0.39 is 5.82 Å². The Bertz CT molecular complexity index is 874. The highest BCUT2D eigenvalue weighted by Gasteiger charge is 2.21. The second-order valence-electron chi connectivity index (χ2n) is 6.18. The quantitative estimate of drug-likeness (QED) is 0.667. The number of morpholine rings is 1. The van der Waals surface area contributed by atoms with E-state index in [1.54, 1.807) is 17.5 Å². The van der Waals surface area contributed by atoms with E-state index in [-0.39, 0.29) is 22.8 Å². The number of thioether (sulfide) groups is 1. The van der Waals surface area contributed by atoms with Gasteiger partial charge in [0.25, 0.3) is 0 Å². The molecule has 1 aromatic carbocycles. The Morgan fingerprint density at radius 2 is 2.43 bits per heavy atom. The number of nitrogens with zero attached hydrogens (tertiary/aromatic N) is 3. The molecule has 2 heterocycles. The number of hydrogen-bond acceptors (Lipinski definition) is 7. The first kappa shape index (κ1) is 21.0. The maximum Gasteiger partial charge on any atom is 0.230 e. The number of thiazole rings is 1. The van der Waals surface area contributed by atoms with Crippen LogP contribution in [0.25, 0.3) is 0 Å². The molecular weight excluding hydrogens is 423 g/mol. The van der Waals surface area contributed by atoms with Crippen molar-refractivity contribution in [3.8, 4) is 6.07 Å². The molecule has 2 aromatic rings. The molecule has 1 amide bonds. The number of hydrogen-bond donors (Lipinski definition) is 1. The molecule has 0 bridgehead atoms. The molecule has 0 radical (unpaired) electrons. The topological polar surface area (TPSA) is 78.2 Å². The first-order chi connectivity index (χ1) is 13.5. The monoisotopic (exact) mass is 440 g/mol. The zero-order chi connectivity index (χ0) is 19.9. The van der Waals surface area contributed by atoms with Crippen molar-refractivity contribution in [1.82, 2.24) is 15.2 Å². The van der Waals surface area contributed by atoms with Gasteiger partial charge in [-0.05, 0) is 17.7 Å². The van der Waals surface area contributed by atoms with Crippen LogP contribution in [0.1, 0.15) is 11.3 Å². The molecule has 3 rings (SSSR count). The van der Waals surface area contributed by atoms with Gasteiger partial charge in [0, 0.05) is 31.6 Å². The smallest absolute Gasteiger partial charge is 0.230 e. The maximum absolute atomic E-state index is 13.3. The normalized spacial score (nSPS) is 17.2. The van der Waals surface area contributed by atoms with E-state index in [0.29, 0.717) is 36.3 Å². The summed E-state index contributed by atoms with van der Waals surface area (Å²) in [4.78, 5) is 18.3. The van der Waals surface area contributed by atoms with E-state index >= 15 is 0 Å². The minimum atomic E-state index is -0.424. The number of carbonyl (C=O) groups is 1. The molecule has 148 valence electrons. The fraction of sp³-hybridized carbons (Fsp3) is 0.389. The first-order valence-electron chi connectivity index (χ1n) is 8.56. The third-order valence-electron chi connectivity index (χ3n) is 4.06. The number of aromatic nitrogens is 1. The highest BCUT2D eigenvalue weighted by Crippen LogP contribution is 2.22. The zero-order valence-corrected chi connectivity index (χ0v) is 17.2. The summed E-state index contributed by atoms with van der Waals surface area (Å²) in [5, 5.41) is 13.4. The number of halogens is 2. The number of ether oxygens (including phenoxy) is 1. The number of rotatable bonds is 7. The average Bonchev–Trinajstić information content (AvgIpc) is 3.16. The van der Waals surface area contributed by atoms with Gasteiger partial charge in [-0.3, -0.25) is 9.69 Å². The Balaban J connectivity index is 1.41. The molecule has 28 heavy (non-hydrogen) atoms. The Labute approximate surface area is 175 Å². The SMILES string of the molecule is N#Cc1csc(SCC(=O)NCC2CN(Cc3ccc(F)c(Cl)c3)CCO2)n1. The van der Waals surface area contributed by atoms with Gasteiger partial charge in [-0.1, -0.05) is 29.4 Å². The number of amides is 1. The standard InChI is InChI=1S/C18H18ClFN4O2S2/c19-15-5-12(1-2-16(15)20)8-24-3-4-26-14(9-24)7-22-17(25)11-28-18-23-13(6-21)10-27-18/h1-2,5,10,14H,3-4,7-9,11H2,(H,22,25). The fourth-order valence-electron chi connectivity index (χ4n) is 2.72. The Morgan fingerprint density at radius 3 is 3.18 bits per heavy atom. The summed E-state index contributed by atoms with van der Waals surface area (Å²) in [6, 6.07) is 6.70. The van der Waals surface area contributed by atoms with Crippen LogP contribution in [-0.4, -0.2) is 53.9 Å². The molecule has 1 N–H and O–H groups in total. The van der Waals surface area contributed by atoms with Crippen LogP contribution in [0, 0.1) is 17.1 Å². The van der Waals surface area contributed by atoms with Gasteiger partial charge in [0.2, 0.25) is 5.91 Å². The largest absolute Gasteiger partial charge is 0.374 e. The van der Waals surface area contributed by atoms with Crippen LogP contribution in [0.2, 0.25) is 5.02 Å². The van der Waals surface area contributed by atoms with Crippen LogP contribution in [0.3, 0.4) is 0 Å². The van der Waals surface area contributed by atoms with Gasteiger partial charge >= 0.3 is 0 Å². The summed E-state index contributed by atoms with van der Waals surface area (Å²) in [7, 11) is 0. The zero-order valence-electron chi connectivity index (χ0n) is 14.9. The van der Waals surface area contributed by atoms with E-state index in [4.69, 9.17) is 21.6 Å². The molecule has 0 saturated carbocycles. The molecule has 0 spiro atoms. The van der Waals surface area contributed by atoms with Gasteiger partial charge in [-0.2, -0.15) is 5.26 Å². The number of carbonyl (C=O) groups excluding carboxylic acids is 1.